The molecule has 0 unspecified atom stereocenters. The third-order valence-corrected chi connectivity index (χ3v) is 2.24. The lowest BCUT2D eigenvalue weighted by molar-refractivity contribution is -0.122. The van der Waals surface area contributed by atoms with E-state index in [0.29, 0.717) is 0 Å². The number of hydrogen-bond donors (Lipinski definition) is 0. The SMILES string of the molecule is O=C(COc1ccccc1F)C1CC1. The molecule has 0 spiro atoms. The molecule has 0 aliphatic heterocycles. The lowest BCUT2D eigenvalue weighted by atomic mass is 10.3. The Morgan fingerprint density at radius 1 is 1.43 bits per heavy atom. The number of para-hydroxylation sites is 1. The maximum absolute atomic E-state index is 13.0. The molecule has 1 aliphatic carbocycles. The predicted octanol–water partition coefficient (Wildman–Crippen LogP) is 2.18. The highest BCUT2D eigenvalue weighted by Crippen LogP contribution is 2.30. The lowest BCUT2D eigenvalue weighted by Gasteiger charge is -2.04. The van der Waals surface area contributed by atoms with Crippen molar-refractivity contribution < 1.29 is 13.9 Å². The van der Waals surface area contributed by atoms with Crippen LogP contribution in [0.15, 0.2) is 24.3 Å². The number of ketones is 1. The first kappa shape index (κ1) is 9.19. The molecule has 74 valence electrons. The molecule has 1 saturated carbocycles. The van der Waals surface area contributed by atoms with Gasteiger partial charge >= 0.3 is 0 Å². The molecule has 1 aromatic carbocycles. The zero-order valence-electron chi connectivity index (χ0n) is 7.70. The number of Topliss-reactive ketones (excluding diaryl/α,β-unsaturated/α-hetero) is 1. The van der Waals surface area contributed by atoms with Crippen molar-refractivity contribution in [3.8, 4) is 5.75 Å². The van der Waals surface area contributed by atoms with E-state index < -0.39 is 5.82 Å². The fourth-order valence-corrected chi connectivity index (χ4v) is 1.23. The summed E-state index contributed by atoms with van der Waals surface area (Å²) in [4.78, 5) is 11.2. The van der Waals surface area contributed by atoms with Crippen LogP contribution < -0.4 is 4.74 Å². The van der Waals surface area contributed by atoms with E-state index in [0.717, 1.165) is 12.8 Å². The second-order valence-corrected chi connectivity index (χ2v) is 3.46. The Hall–Kier alpha value is -1.38. The van der Waals surface area contributed by atoms with Crippen LogP contribution in [0.25, 0.3) is 0 Å². The Morgan fingerprint density at radius 3 is 2.79 bits per heavy atom. The molecule has 0 atom stereocenters. The highest BCUT2D eigenvalue weighted by Gasteiger charge is 2.29. The van der Waals surface area contributed by atoms with Crippen molar-refractivity contribution >= 4 is 5.78 Å². The maximum atomic E-state index is 13.0. The van der Waals surface area contributed by atoms with Gasteiger partial charge in [-0.3, -0.25) is 4.79 Å². The highest BCUT2D eigenvalue weighted by atomic mass is 19.1. The van der Waals surface area contributed by atoms with Crippen molar-refractivity contribution in [1.29, 1.82) is 0 Å². The number of benzene rings is 1. The molecular weight excluding hydrogens is 183 g/mol. The molecule has 0 aromatic heterocycles. The van der Waals surface area contributed by atoms with E-state index in [9.17, 15) is 9.18 Å². The van der Waals surface area contributed by atoms with Gasteiger partial charge in [-0.15, -0.1) is 0 Å². The summed E-state index contributed by atoms with van der Waals surface area (Å²) >= 11 is 0. The average Bonchev–Trinajstić information content (AvgIpc) is 2.99. The van der Waals surface area contributed by atoms with Crippen molar-refractivity contribution in [2.75, 3.05) is 6.61 Å². The minimum atomic E-state index is -0.420. The predicted molar refractivity (Wildman–Crippen MR) is 49.6 cm³/mol. The highest BCUT2D eigenvalue weighted by molar-refractivity contribution is 5.84. The Morgan fingerprint density at radius 2 is 2.14 bits per heavy atom. The van der Waals surface area contributed by atoms with E-state index in [-0.39, 0.29) is 24.1 Å². The number of hydrogen-bond acceptors (Lipinski definition) is 2. The molecule has 2 nitrogen and oxygen atoms in total. The summed E-state index contributed by atoms with van der Waals surface area (Å²) < 4.78 is 18.1. The van der Waals surface area contributed by atoms with Crippen molar-refractivity contribution in [2.24, 2.45) is 5.92 Å². The summed E-state index contributed by atoms with van der Waals surface area (Å²) in [5, 5.41) is 0. The molecule has 0 saturated heterocycles. The summed E-state index contributed by atoms with van der Waals surface area (Å²) in [5.74, 6) is -0.0207. The van der Waals surface area contributed by atoms with Gasteiger partial charge in [0.05, 0.1) is 0 Å². The van der Waals surface area contributed by atoms with Crippen LogP contribution in [0, 0.1) is 11.7 Å². The number of carbonyl (C=O) groups excluding carboxylic acids is 1. The number of halogens is 1. The van der Waals surface area contributed by atoms with Gasteiger partial charge in [0.1, 0.15) is 6.61 Å². The Kier molecular flexibility index (Phi) is 2.48. The topological polar surface area (TPSA) is 26.3 Å². The van der Waals surface area contributed by atoms with Crippen molar-refractivity contribution in [3.63, 3.8) is 0 Å². The first-order chi connectivity index (χ1) is 6.77. The monoisotopic (exact) mass is 194 g/mol. The Labute approximate surface area is 81.7 Å². The van der Waals surface area contributed by atoms with Crippen LogP contribution in [0.1, 0.15) is 12.8 Å². The van der Waals surface area contributed by atoms with Gasteiger partial charge in [-0.25, -0.2) is 4.39 Å². The third kappa shape index (κ3) is 2.10. The van der Waals surface area contributed by atoms with E-state index in [1.807, 2.05) is 0 Å². The van der Waals surface area contributed by atoms with Crippen molar-refractivity contribution in [3.05, 3.63) is 30.1 Å². The smallest absolute Gasteiger partial charge is 0.173 e. The minimum absolute atomic E-state index is 0.00833. The largest absolute Gasteiger partial charge is 0.483 e. The van der Waals surface area contributed by atoms with Gasteiger partial charge in [0.2, 0.25) is 0 Å². The molecule has 0 radical (unpaired) electrons. The van der Waals surface area contributed by atoms with Crippen LogP contribution in [0.3, 0.4) is 0 Å². The normalized spacial score (nSPS) is 15.2. The van der Waals surface area contributed by atoms with E-state index in [1.54, 1.807) is 12.1 Å². The lowest BCUT2D eigenvalue weighted by Crippen LogP contribution is -2.13. The quantitative estimate of drug-likeness (QED) is 0.734. The molecule has 0 heterocycles. The van der Waals surface area contributed by atoms with Crippen molar-refractivity contribution in [1.82, 2.24) is 0 Å². The van der Waals surface area contributed by atoms with E-state index in [4.69, 9.17) is 4.74 Å². The molecular formula is C11H11FO2. The maximum Gasteiger partial charge on any atom is 0.173 e. The van der Waals surface area contributed by atoms with Crippen molar-refractivity contribution in [2.45, 2.75) is 12.8 Å². The molecule has 1 aliphatic rings. The number of rotatable bonds is 4. The number of carbonyl (C=O) groups is 1. The average molecular weight is 194 g/mol. The van der Waals surface area contributed by atoms with E-state index in [1.165, 1.54) is 12.1 Å². The van der Waals surface area contributed by atoms with Crippen LogP contribution in [-0.2, 0) is 4.79 Å². The standard InChI is InChI=1S/C11H11FO2/c12-9-3-1-2-4-11(9)14-7-10(13)8-5-6-8/h1-4,8H,5-7H2. The molecule has 0 bridgehead atoms. The zero-order chi connectivity index (χ0) is 9.97. The Balaban J connectivity index is 1.91. The first-order valence-corrected chi connectivity index (χ1v) is 4.67. The van der Waals surface area contributed by atoms with E-state index >= 15 is 0 Å². The van der Waals surface area contributed by atoms with Gasteiger partial charge in [-0.1, -0.05) is 12.1 Å². The molecule has 1 fully saturated rings. The summed E-state index contributed by atoms with van der Waals surface area (Å²) in [6.07, 6.45) is 1.92. The zero-order valence-corrected chi connectivity index (χ0v) is 7.70. The Bertz CT molecular complexity index is 345. The number of ether oxygens (including phenoxy) is 1. The van der Waals surface area contributed by atoms with Crippen LogP contribution in [0.4, 0.5) is 4.39 Å². The summed E-state index contributed by atoms with van der Waals surface area (Å²) in [7, 11) is 0. The molecule has 0 amide bonds. The van der Waals surface area contributed by atoms with Crippen LogP contribution in [0.5, 0.6) is 5.75 Å². The van der Waals surface area contributed by atoms with Crippen LogP contribution in [-0.4, -0.2) is 12.4 Å². The first-order valence-electron chi connectivity index (χ1n) is 4.67. The molecule has 2 rings (SSSR count). The molecule has 1 aromatic rings. The second kappa shape index (κ2) is 3.78. The van der Waals surface area contributed by atoms with E-state index in [2.05, 4.69) is 0 Å². The summed E-state index contributed by atoms with van der Waals surface area (Å²) in [5.41, 5.74) is 0. The second-order valence-electron chi connectivity index (χ2n) is 3.46. The summed E-state index contributed by atoms with van der Waals surface area (Å²) in [6, 6.07) is 6.11. The van der Waals surface area contributed by atoms with Gasteiger partial charge < -0.3 is 4.74 Å². The molecule has 0 N–H and O–H groups in total. The van der Waals surface area contributed by atoms with Gasteiger partial charge in [0.25, 0.3) is 0 Å². The molecule has 14 heavy (non-hydrogen) atoms. The van der Waals surface area contributed by atoms with Crippen LogP contribution >= 0.6 is 0 Å². The third-order valence-electron chi connectivity index (χ3n) is 2.24. The van der Waals surface area contributed by atoms with Gasteiger partial charge in [0, 0.05) is 5.92 Å². The van der Waals surface area contributed by atoms with Crippen LogP contribution in [0.2, 0.25) is 0 Å². The van der Waals surface area contributed by atoms with Gasteiger partial charge in [-0.05, 0) is 25.0 Å². The minimum Gasteiger partial charge on any atom is -0.483 e. The van der Waals surface area contributed by atoms with Gasteiger partial charge in [-0.2, -0.15) is 0 Å². The molecule has 3 heteroatoms. The fraction of sp³-hybridized carbons (Fsp3) is 0.364. The summed E-state index contributed by atoms with van der Waals surface area (Å²) in [6.45, 7) is -0.00833. The van der Waals surface area contributed by atoms with Gasteiger partial charge in [0.15, 0.2) is 17.3 Å². The fourth-order valence-electron chi connectivity index (χ4n) is 1.23.